The molecule has 2 aliphatic carbocycles. The molecule has 3 heteroatoms. The first-order valence-corrected chi connectivity index (χ1v) is 16.8. The van der Waals surface area contributed by atoms with E-state index in [0.29, 0.717) is 0 Å². The predicted octanol–water partition coefficient (Wildman–Crippen LogP) is 12.1. The highest BCUT2D eigenvalue weighted by Crippen LogP contribution is 2.53. The van der Waals surface area contributed by atoms with Crippen LogP contribution < -0.4 is 14.2 Å². The van der Waals surface area contributed by atoms with Crippen LogP contribution in [0.1, 0.15) is 73.6 Å². The number of hydrogen-bond acceptors (Lipinski definition) is 3. The third-order valence-corrected chi connectivity index (χ3v) is 10.6. The Labute approximate surface area is 280 Å². The molecule has 0 unspecified atom stereocenters. The summed E-state index contributed by atoms with van der Waals surface area (Å²) in [7, 11) is 3.51. The maximum atomic E-state index is 7.28. The Morgan fingerprint density at radius 2 is 0.894 bits per heavy atom. The molecule has 0 saturated heterocycles. The molecule has 0 spiro atoms. The van der Waals surface area contributed by atoms with Crippen LogP contribution in [0, 0.1) is 0 Å². The summed E-state index contributed by atoms with van der Waals surface area (Å²) in [6.45, 7) is 16.9. The number of allylic oxidation sites excluding steroid dienone is 2. The van der Waals surface area contributed by atoms with Gasteiger partial charge < -0.3 is 14.2 Å². The van der Waals surface area contributed by atoms with Gasteiger partial charge in [0.25, 0.3) is 0 Å². The Morgan fingerprint density at radius 1 is 0.511 bits per heavy atom. The molecule has 0 bridgehead atoms. The van der Waals surface area contributed by atoms with Gasteiger partial charge in [-0.05, 0) is 72.2 Å². The first-order valence-electron chi connectivity index (χ1n) is 16.8. The molecule has 2 saturated carbocycles. The third kappa shape index (κ3) is 5.73. The van der Waals surface area contributed by atoms with Gasteiger partial charge in [-0.1, -0.05) is 112 Å². The zero-order valence-electron chi connectivity index (χ0n) is 27.9. The van der Waals surface area contributed by atoms with Crippen molar-refractivity contribution in [2.24, 2.45) is 0 Å². The van der Waals surface area contributed by atoms with Crippen molar-refractivity contribution in [2.45, 2.75) is 62.2 Å². The number of ether oxygens (including phenoxy) is 3. The molecule has 0 aromatic heterocycles. The highest BCUT2D eigenvalue weighted by Gasteiger charge is 2.38. The minimum Gasteiger partial charge on any atom is -0.496 e. The monoisotopic (exact) mass is 622 g/mol. The van der Waals surface area contributed by atoms with Crippen molar-refractivity contribution < 1.29 is 14.2 Å². The molecule has 4 aromatic carbocycles. The number of rotatable bonds is 12. The van der Waals surface area contributed by atoms with Crippen LogP contribution in [0.5, 0.6) is 23.0 Å². The lowest BCUT2D eigenvalue weighted by Crippen LogP contribution is -2.20. The van der Waals surface area contributed by atoms with Gasteiger partial charge in [0.15, 0.2) is 0 Å². The second kappa shape index (κ2) is 13.5. The molecular formula is C44H46O3. The molecule has 2 fully saturated rings. The van der Waals surface area contributed by atoms with E-state index in [4.69, 9.17) is 14.2 Å². The van der Waals surface area contributed by atoms with Crippen molar-refractivity contribution in [3.8, 4) is 45.3 Å². The van der Waals surface area contributed by atoms with Gasteiger partial charge in [-0.2, -0.15) is 0 Å². The van der Waals surface area contributed by atoms with Gasteiger partial charge in [-0.25, -0.2) is 0 Å². The number of methoxy groups -OCH3 is 2. The predicted molar refractivity (Wildman–Crippen MR) is 198 cm³/mol. The molecule has 4 aromatic rings. The average molecular weight is 623 g/mol. The molecule has 2 aliphatic rings. The minimum absolute atomic E-state index is 0.181. The fraction of sp³-hybridized carbons (Fsp3) is 0.273. The van der Waals surface area contributed by atoms with Crippen molar-refractivity contribution in [2.75, 3.05) is 14.2 Å². The Hall–Kier alpha value is -4.76. The van der Waals surface area contributed by atoms with E-state index in [0.717, 1.165) is 119 Å². The van der Waals surface area contributed by atoms with Crippen LogP contribution in [0.25, 0.3) is 34.4 Å². The molecule has 47 heavy (non-hydrogen) atoms. The Bertz CT molecular complexity index is 1680. The molecule has 0 atom stereocenters. The van der Waals surface area contributed by atoms with Gasteiger partial charge in [-0.15, -0.1) is 13.2 Å². The lowest BCUT2D eigenvalue weighted by atomic mass is 9.77. The van der Waals surface area contributed by atoms with E-state index in [2.05, 4.69) is 99.1 Å². The summed E-state index contributed by atoms with van der Waals surface area (Å²) in [6.07, 6.45) is 16.8. The van der Waals surface area contributed by atoms with Crippen LogP contribution in [0.15, 0.2) is 111 Å². The van der Waals surface area contributed by atoms with Crippen molar-refractivity contribution in [3.05, 3.63) is 134 Å². The van der Waals surface area contributed by atoms with Crippen molar-refractivity contribution in [1.82, 2.24) is 0 Å². The molecule has 3 nitrogen and oxygen atoms in total. The fourth-order valence-corrected chi connectivity index (χ4v) is 7.96. The second-order valence-electron chi connectivity index (χ2n) is 12.9. The van der Waals surface area contributed by atoms with Crippen LogP contribution in [0.4, 0.5) is 0 Å². The Kier molecular flexibility index (Phi) is 9.27. The van der Waals surface area contributed by atoms with E-state index < -0.39 is 0 Å². The summed E-state index contributed by atoms with van der Waals surface area (Å²) >= 11 is 0. The zero-order valence-corrected chi connectivity index (χ0v) is 27.9. The first kappa shape index (κ1) is 32.2. The quantitative estimate of drug-likeness (QED) is 0.147. The molecule has 0 radical (unpaired) electrons. The maximum Gasteiger partial charge on any atom is 0.135 e. The van der Waals surface area contributed by atoms with Crippen LogP contribution in [-0.2, 0) is 10.8 Å². The summed E-state index contributed by atoms with van der Waals surface area (Å²) in [5, 5.41) is 0. The smallest absolute Gasteiger partial charge is 0.135 e. The second-order valence-corrected chi connectivity index (χ2v) is 12.9. The summed E-state index contributed by atoms with van der Waals surface area (Å²) in [5.41, 5.74) is 7.86. The van der Waals surface area contributed by atoms with Crippen LogP contribution in [0.2, 0.25) is 0 Å². The summed E-state index contributed by atoms with van der Waals surface area (Å²) in [5.74, 6) is 3.21. The highest BCUT2D eigenvalue weighted by atomic mass is 16.5. The van der Waals surface area contributed by atoms with E-state index in [9.17, 15) is 0 Å². The van der Waals surface area contributed by atoms with Gasteiger partial charge in [0.05, 0.1) is 14.2 Å². The van der Waals surface area contributed by atoms with Gasteiger partial charge in [-0.3, -0.25) is 0 Å². The van der Waals surface area contributed by atoms with Gasteiger partial charge in [0.1, 0.15) is 23.0 Å². The van der Waals surface area contributed by atoms with E-state index in [1.165, 1.54) is 0 Å². The minimum atomic E-state index is -0.181. The normalized spacial score (nSPS) is 16.3. The number of benzene rings is 4. The molecule has 0 aliphatic heterocycles. The van der Waals surface area contributed by atoms with Gasteiger partial charge >= 0.3 is 0 Å². The zero-order chi connectivity index (χ0) is 33.0. The van der Waals surface area contributed by atoms with Crippen molar-refractivity contribution in [1.29, 1.82) is 0 Å². The largest absolute Gasteiger partial charge is 0.496 e. The summed E-state index contributed by atoms with van der Waals surface area (Å²) in [4.78, 5) is 0. The van der Waals surface area contributed by atoms with Crippen LogP contribution in [-0.4, -0.2) is 14.2 Å². The molecule has 6 rings (SSSR count). The molecular weight excluding hydrogens is 576 g/mol. The Balaban J connectivity index is 1.66. The van der Waals surface area contributed by atoms with E-state index in [-0.39, 0.29) is 10.8 Å². The average Bonchev–Trinajstić information content (AvgIpc) is 3.83. The van der Waals surface area contributed by atoms with E-state index in [1.807, 2.05) is 24.3 Å². The lowest BCUT2D eigenvalue weighted by molar-refractivity contribution is 0.391. The molecule has 240 valence electrons. The topological polar surface area (TPSA) is 27.7 Å². The van der Waals surface area contributed by atoms with Gasteiger partial charge in [0.2, 0.25) is 0 Å². The molecule has 0 N–H and O–H groups in total. The standard InChI is InChI=1S/C44H46O3/c1-7-31-19-11-13-21-33(31)35-27-41(45-5)37(43(9-3)23-15-16-24-43)29-39(35)47-40-30-38(44(10-4)25-17-18-26-44)42(46-6)28-36(40)34-22-14-12-20-32(34)8-2/h7-14,19-22,27-30H,1-4,15-18,23-26H2,5-6H3. The van der Waals surface area contributed by atoms with Crippen LogP contribution in [0.3, 0.4) is 0 Å². The van der Waals surface area contributed by atoms with Crippen molar-refractivity contribution in [3.63, 3.8) is 0 Å². The molecule has 0 amide bonds. The third-order valence-electron chi connectivity index (χ3n) is 10.6. The van der Waals surface area contributed by atoms with Gasteiger partial charge in [0, 0.05) is 33.1 Å². The first-order chi connectivity index (χ1) is 23.0. The summed E-state index contributed by atoms with van der Waals surface area (Å²) < 4.78 is 19.5. The maximum absolute atomic E-state index is 7.28. The number of hydrogen-bond donors (Lipinski definition) is 0. The van der Waals surface area contributed by atoms with E-state index in [1.54, 1.807) is 14.2 Å². The van der Waals surface area contributed by atoms with Crippen LogP contribution >= 0.6 is 0 Å². The summed E-state index contributed by atoms with van der Waals surface area (Å²) in [6, 6.07) is 25.3. The lowest BCUT2D eigenvalue weighted by Gasteiger charge is -2.30. The van der Waals surface area contributed by atoms with E-state index >= 15 is 0 Å². The fourth-order valence-electron chi connectivity index (χ4n) is 7.96. The Morgan fingerprint density at radius 3 is 1.23 bits per heavy atom. The molecule has 0 heterocycles. The van der Waals surface area contributed by atoms with Crippen molar-refractivity contribution >= 4 is 12.2 Å². The SMILES string of the molecule is C=Cc1ccccc1-c1cc(OC)c(C2(C=C)CCCC2)cc1Oc1cc(C2(C=C)CCCC2)c(OC)cc1-c1ccccc1C=C. The highest BCUT2D eigenvalue weighted by molar-refractivity contribution is 5.84.